The molecule has 0 fully saturated rings. The maximum Gasteiger partial charge on any atom is 0.123 e. The Bertz CT molecular complexity index is 409. The second-order valence-corrected chi connectivity index (χ2v) is 5.36. The van der Waals surface area contributed by atoms with Crippen LogP contribution in [-0.4, -0.2) is 12.6 Å². The molecular formula is C15H20BrNO. The summed E-state index contributed by atoms with van der Waals surface area (Å²) in [4.78, 5) is 0. The number of rotatable bonds is 7. The number of hydrogen-bond acceptors (Lipinski definition) is 2. The van der Waals surface area contributed by atoms with Gasteiger partial charge in [-0.3, -0.25) is 0 Å². The molecule has 0 radical (unpaired) electrons. The molecule has 18 heavy (non-hydrogen) atoms. The third-order valence-corrected chi connectivity index (χ3v) is 2.94. The molecule has 1 rings (SSSR count). The van der Waals surface area contributed by atoms with Gasteiger partial charge in [-0.05, 0) is 24.6 Å². The van der Waals surface area contributed by atoms with Crippen LogP contribution in [0.4, 0.5) is 0 Å². The smallest absolute Gasteiger partial charge is 0.123 e. The number of terminal acetylenes is 1. The Morgan fingerprint density at radius 1 is 1.44 bits per heavy atom. The number of benzene rings is 1. The van der Waals surface area contributed by atoms with E-state index in [0.29, 0.717) is 12.6 Å². The number of ether oxygens (including phenoxy) is 1. The standard InChI is InChI=1S/C15H20BrNO/c1-4-5-6-9-18-15-8-7-14(16)10-13(15)11-17-12(2)3/h1,7-8,10,12,17H,5-6,9,11H2,2-3H3. The highest BCUT2D eigenvalue weighted by Crippen LogP contribution is 2.23. The summed E-state index contributed by atoms with van der Waals surface area (Å²) in [6.45, 7) is 5.74. The molecule has 1 aromatic rings. The lowest BCUT2D eigenvalue weighted by Gasteiger charge is -2.14. The molecule has 0 amide bonds. The van der Waals surface area contributed by atoms with Crippen LogP contribution in [0.5, 0.6) is 5.75 Å². The molecule has 2 nitrogen and oxygen atoms in total. The molecule has 0 saturated heterocycles. The highest BCUT2D eigenvalue weighted by atomic mass is 79.9. The average Bonchev–Trinajstić information content (AvgIpc) is 2.34. The van der Waals surface area contributed by atoms with Crippen LogP contribution < -0.4 is 10.1 Å². The van der Waals surface area contributed by atoms with Crippen molar-refractivity contribution < 1.29 is 4.74 Å². The van der Waals surface area contributed by atoms with Gasteiger partial charge in [0.1, 0.15) is 5.75 Å². The second-order valence-electron chi connectivity index (χ2n) is 4.44. The number of halogens is 1. The summed E-state index contributed by atoms with van der Waals surface area (Å²) >= 11 is 3.49. The van der Waals surface area contributed by atoms with Gasteiger partial charge in [-0.15, -0.1) is 12.3 Å². The first-order valence-electron chi connectivity index (χ1n) is 6.21. The molecule has 0 bridgehead atoms. The summed E-state index contributed by atoms with van der Waals surface area (Å²) in [5, 5.41) is 3.40. The molecule has 0 heterocycles. The second kappa shape index (κ2) is 8.18. The van der Waals surface area contributed by atoms with Crippen molar-refractivity contribution in [2.45, 2.75) is 39.3 Å². The summed E-state index contributed by atoms with van der Waals surface area (Å²) < 4.78 is 6.84. The van der Waals surface area contributed by atoms with Crippen LogP contribution in [0.1, 0.15) is 32.3 Å². The van der Waals surface area contributed by atoms with Gasteiger partial charge < -0.3 is 10.1 Å². The van der Waals surface area contributed by atoms with Crippen LogP contribution in [0, 0.1) is 12.3 Å². The minimum absolute atomic E-state index is 0.457. The first kappa shape index (κ1) is 15.1. The number of hydrogen-bond donors (Lipinski definition) is 1. The Balaban J connectivity index is 2.61. The van der Waals surface area contributed by atoms with E-state index in [-0.39, 0.29) is 0 Å². The van der Waals surface area contributed by atoms with Crippen LogP contribution in [0.25, 0.3) is 0 Å². The largest absolute Gasteiger partial charge is 0.493 e. The molecule has 3 heteroatoms. The molecule has 0 aromatic heterocycles. The van der Waals surface area contributed by atoms with E-state index in [9.17, 15) is 0 Å². The lowest BCUT2D eigenvalue weighted by atomic mass is 10.2. The van der Waals surface area contributed by atoms with E-state index in [4.69, 9.17) is 11.2 Å². The van der Waals surface area contributed by atoms with Gasteiger partial charge >= 0.3 is 0 Å². The fourth-order valence-electron chi connectivity index (χ4n) is 1.50. The van der Waals surface area contributed by atoms with Gasteiger partial charge in [0.25, 0.3) is 0 Å². The molecule has 98 valence electrons. The van der Waals surface area contributed by atoms with Crippen LogP contribution in [0.3, 0.4) is 0 Å². The Kier molecular flexibility index (Phi) is 6.85. The first-order valence-corrected chi connectivity index (χ1v) is 7.01. The van der Waals surface area contributed by atoms with Gasteiger partial charge in [-0.2, -0.15) is 0 Å². The maximum atomic E-state index is 5.77. The molecule has 0 aliphatic heterocycles. The molecule has 0 unspecified atom stereocenters. The lowest BCUT2D eigenvalue weighted by molar-refractivity contribution is 0.308. The minimum Gasteiger partial charge on any atom is -0.493 e. The fourth-order valence-corrected chi connectivity index (χ4v) is 1.91. The summed E-state index contributed by atoms with van der Waals surface area (Å²) in [6.07, 6.45) is 6.87. The molecule has 1 aromatic carbocycles. The zero-order valence-corrected chi connectivity index (χ0v) is 12.6. The Morgan fingerprint density at radius 2 is 2.22 bits per heavy atom. The average molecular weight is 310 g/mol. The van der Waals surface area contributed by atoms with Crippen molar-refractivity contribution in [3.05, 3.63) is 28.2 Å². The highest BCUT2D eigenvalue weighted by molar-refractivity contribution is 9.10. The lowest BCUT2D eigenvalue weighted by Crippen LogP contribution is -2.22. The van der Waals surface area contributed by atoms with Crippen molar-refractivity contribution in [3.63, 3.8) is 0 Å². The third kappa shape index (κ3) is 5.57. The van der Waals surface area contributed by atoms with E-state index >= 15 is 0 Å². The van der Waals surface area contributed by atoms with E-state index in [1.807, 2.05) is 12.1 Å². The van der Waals surface area contributed by atoms with E-state index in [2.05, 4.69) is 47.1 Å². The van der Waals surface area contributed by atoms with Crippen LogP contribution in [0.2, 0.25) is 0 Å². The van der Waals surface area contributed by atoms with E-state index in [0.717, 1.165) is 29.6 Å². The molecular weight excluding hydrogens is 290 g/mol. The Hall–Kier alpha value is -0.980. The molecule has 0 aliphatic rings. The Labute approximate surface area is 118 Å². The first-order chi connectivity index (χ1) is 8.63. The maximum absolute atomic E-state index is 5.77. The monoisotopic (exact) mass is 309 g/mol. The summed E-state index contributed by atoms with van der Waals surface area (Å²) in [5.41, 5.74) is 1.17. The minimum atomic E-state index is 0.457. The molecule has 1 N–H and O–H groups in total. The quantitative estimate of drug-likeness (QED) is 0.612. The van der Waals surface area contributed by atoms with Gasteiger partial charge in [-0.25, -0.2) is 0 Å². The van der Waals surface area contributed by atoms with E-state index in [1.165, 1.54) is 5.56 Å². The highest BCUT2D eigenvalue weighted by Gasteiger charge is 2.05. The van der Waals surface area contributed by atoms with Crippen LogP contribution >= 0.6 is 15.9 Å². The zero-order valence-electron chi connectivity index (χ0n) is 11.0. The van der Waals surface area contributed by atoms with E-state index < -0.39 is 0 Å². The third-order valence-electron chi connectivity index (χ3n) is 2.45. The molecule has 0 aliphatic carbocycles. The predicted octanol–water partition coefficient (Wildman–Crippen LogP) is 3.74. The summed E-state index contributed by atoms with van der Waals surface area (Å²) in [5.74, 6) is 3.55. The SMILES string of the molecule is C#CCCCOc1ccc(Br)cc1CNC(C)C. The van der Waals surface area contributed by atoms with Gasteiger partial charge in [0.15, 0.2) is 0 Å². The van der Waals surface area contributed by atoms with Crippen molar-refractivity contribution in [2.24, 2.45) is 0 Å². The van der Waals surface area contributed by atoms with Gasteiger partial charge in [0.05, 0.1) is 6.61 Å². The molecule has 0 atom stereocenters. The molecule has 0 saturated carbocycles. The van der Waals surface area contributed by atoms with Crippen molar-refractivity contribution in [1.29, 1.82) is 0 Å². The van der Waals surface area contributed by atoms with Crippen molar-refractivity contribution in [2.75, 3.05) is 6.61 Å². The summed E-state index contributed by atoms with van der Waals surface area (Å²) in [6, 6.07) is 6.54. The molecule has 0 spiro atoms. The fraction of sp³-hybridized carbons (Fsp3) is 0.467. The van der Waals surface area contributed by atoms with Crippen molar-refractivity contribution in [1.82, 2.24) is 5.32 Å². The van der Waals surface area contributed by atoms with Gasteiger partial charge in [0, 0.05) is 29.0 Å². The van der Waals surface area contributed by atoms with Gasteiger partial charge in [0.2, 0.25) is 0 Å². The Morgan fingerprint density at radius 3 is 2.89 bits per heavy atom. The van der Waals surface area contributed by atoms with E-state index in [1.54, 1.807) is 0 Å². The normalized spacial score (nSPS) is 10.4. The topological polar surface area (TPSA) is 21.3 Å². The number of unbranched alkanes of at least 4 members (excludes halogenated alkanes) is 1. The van der Waals surface area contributed by atoms with Crippen LogP contribution in [0.15, 0.2) is 22.7 Å². The van der Waals surface area contributed by atoms with Gasteiger partial charge in [-0.1, -0.05) is 29.8 Å². The summed E-state index contributed by atoms with van der Waals surface area (Å²) in [7, 11) is 0. The predicted molar refractivity (Wildman–Crippen MR) is 79.7 cm³/mol. The number of nitrogens with one attached hydrogen (secondary N) is 1. The van der Waals surface area contributed by atoms with Crippen LogP contribution in [-0.2, 0) is 6.54 Å². The van der Waals surface area contributed by atoms with Crippen molar-refractivity contribution in [3.8, 4) is 18.1 Å². The zero-order chi connectivity index (χ0) is 13.4. The van der Waals surface area contributed by atoms with Crippen molar-refractivity contribution >= 4 is 15.9 Å².